The van der Waals surface area contributed by atoms with E-state index in [1.807, 2.05) is 6.92 Å². The lowest BCUT2D eigenvalue weighted by Crippen LogP contribution is -2.18. The van der Waals surface area contributed by atoms with Crippen molar-refractivity contribution < 1.29 is 4.74 Å². The van der Waals surface area contributed by atoms with Gasteiger partial charge in [0.25, 0.3) is 0 Å². The molecule has 0 saturated carbocycles. The topological polar surface area (TPSA) is 47.0 Å². The van der Waals surface area contributed by atoms with Crippen molar-refractivity contribution in [2.45, 2.75) is 26.4 Å². The fourth-order valence-electron chi connectivity index (χ4n) is 1.58. The number of aryl methyl sites for hydroxylation is 1. The first kappa shape index (κ1) is 13.5. The summed E-state index contributed by atoms with van der Waals surface area (Å²) in [7, 11) is 1.69. The third kappa shape index (κ3) is 2.91. The Bertz CT molecular complexity index is 543. The van der Waals surface area contributed by atoms with Gasteiger partial charge in [-0.3, -0.25) is 0 Å². The predicted octanol–water partition coefficient (Wildman–Crippen LogP) is 3.35. The molecule has 0 aliphatic heterocycles. The highest BCUT2D eigenvalue weighted by atomic mass is 35.5. The molecule has 0 aliphatic carbocycles. The Hall–Kier alpha value is -0.910. The number of rotatable bonds is 5. The van der Waals surface area contributed by atoms with E-state index in [2.05, 4.69) is 28.3 Å². The summed E-state index contributed by atoms with van der Waals surface area (Å²) in [5, 5.41) is 4.57. The van der Waals surface area contributed by atoms with Gasteiger partial charge in [-0.25, -0.2) is 9.97 Å². The molecule has 1 N–H and O–H groups in total. The molecule has 18 heavy (non-hydrogen) atoms. The summed E-state index contributed by atoms with van der Waals surface area (Å²) in [5.74, 6) is 0.782. The van der Waals surface area contributed by atoms with Gasteiger partial charge in [-0.2, -0.15) is 0 Å². The molecule has 2 heterocycles. The minimum absolute atomic E-state index is 0.123. The Kier molecular flexibility index (Phi) is 4.37. The van der Waals surface area contributed by atoms with Crippen LogP contribution in [0.25, 0.3) is 10.2 Å². The van der Waals surface area contributed by atoms with Crippen LogP contribution in [0.2, 0.25) is 5.28 Å². The second kappa shape index (κ2) is 5.82. The lowest BCUT2D eigenvalue weighted by atomic mass is 10.3. The summed E-state index contributed by atoms with van der Waals surface area (Å²) >= 11 is 7.60. The normalized spacial score (nSPS) is 12.9. The van der Waals surface area contributed by atoms with E-state index in [9.17, 15) is 0 Å². The summed E-state index contributed by atoms with van der Waals surface area (Å²) in [4.78, 5) is 10.7. The summed E-state index contributed by atoms with van der Waals surface area (Å²) in [6.45, 7) is 4.81. The van der Waals surface area contributed by atoms with Gasteiger partial charge in [0.2, 0.25) is 5.28 Å². The number of halogens is 1. The number of aromatic nitrogens is 2. The number of fused-ring (bicyclic) bond motifs is 1. The van der Waals surface area contributed by atoms with Crippen molar-refractivity contribution in [2.75, 3.05) is 19.0 Å². The van der Waals surface area contributed by atoms with Crippen LogP contribution in [0.5, 0.6) is 0 Å². The van der Waals surface area contributed by atoms with Gasteiger partial charge in [0.1, 0.15) is 10.6 Å². The van der Waals surface area contributed by atoms with Gasteiger partial charge < -0.3 is 10.1 Å². The molecule has 6 heteroatoms. The van der Waals surface area contributed by atoms with Crippen molar-refractivity contribution in [3.63, 3.8) is 0 Å². The van der Waals surface area contributed by atoms with Crippen molar-refractivity contribution in [2.24, 2.45) is 0 Å². The number of nitrogens with zero attached hydrogens (tertiary/aromatic N) is 2. The van der Waals surface area contributed by atoms with Crippen LogP contribution >= 0.6 is 22.9 Å². The lowest BCUT2D eigenvalue weighted by Gasteiger charge is -2.11. The summed E-state index contributed by atoms with van der Waals surface area (Å²) in [6.07, 6.45) is 1.12. The molecule has 0 fully saturated rings. The second-order valence-corrected chi connectivity index (χ2v) is 5.51. The van der Waals surface area contributed by atoms with Crippen LogP contribution in [0.15, 0.2) is 6.07 Å². The summed E-state index contributed by atoms with van der Waals surface area (Å²) in [5.41, 5.74) is 0. The zero-order valence-electron chi connectivity index (χ0n) is 10.7. The molecule has 2 rings (SSSR count). The molecule has 1 atom stereocenters. The Morgan fingerprint density at radius 2 is 2.28 bits per heavy atom. The zero-order valence-corrected chi connectivity index (χ0v) is 12.2. The molecule has 4 nitrogen and oxygen atoms in total. The first-order valence-corrected chi connectivity index (χ1v) is 7.06. The number of methoxy groups -OCH3 is 1. The first-order valence-electron chi connectivity index (χ1n) is 5.86. The number of hydrogen-bond donors (Lipinski definition) is 1. The van der Waals surface area contributed by atoms with Crippen molar-refractivity contribution in [3.8, 4) is 0 Å². The Morgan fingerprint density at radius 3 is 2.94 bits per heavy atom. The molecule has 0 spiro atoms. The predicted molar refractivity (Wildman–Crippen MR) is 76.8 cm³/mol. The van der Waals surface area contributed by atoms with Crippen molar-refractivity contribution in [1.29, 1.82) is 0 Å². The molecule has 0 aliphatic rings. The van der Waals surface area contributed by atoms with Crippen molar-refractivity contribution in [3.05, 3.63) is 16.2 Å². The average molecular weight is 286 g/mol. The highest BCUT2D eigenvalue weighted by molar-refractivity contribution is 7.18. The monoisotopic (exact) mass is 285 g/mol. The average Bonchev–Trinajstić information content (AvgIpc) is 2.78. The quantitative estimate of drug-likeness (QED) is 0.856. The van der Waals surface area contributed by atoms with Crippen LogP contribution in [0.1, 0.15) is 18.7 Å². The molecule has 0 aromatic carbocycles. The van der Waals surface area contributed by atoms with Crippen LogP contribution in [0.3, 0.4) is 0 Å². The number of ether oxygens (including phenoxy) is 1. The number of hydrogen-bond acceptors (Lipinski definition) is 5. The van der Waals surface area contributed by atoms with Gasteiger partial charge in [-0.1, -0.05) is 6.92 Å². The second-order valence-electron chi connectivity index (χ2n) is 4.05. The highest BCUT2D eigenvalue weighted by Gasteiger charge is 2.11. The van der Waals surface area contributed by atoms with E-state index in [0.717, 1.165) is 22.5 Å². The third-order valence-electron chi connectivity index (χ3n) is 2.72. The molecule has 98 valence electrons. The van der Waals surface area contributed by atoms with Gasteiger partial charge in [-0.15, -0.1) is 11.3 Å². The molecule has 0 amide bonds. The Morgan fingerprint density at radius 1 is 1.50 bits per heavy atom. The van der Waals surface area contributed by atoms with Crippen LogP contribution in [-0.4, -0.2) is 29.7 Å². The molecule has 0 saturated heterocycles. The smallest absolute Gasteiger partial charge is 0.225 e. The largest absolute Gasteiger partial charge is 0.380 e. The minimum Gasteiger partial charge on any atom is -0.380 e. The van der Waals surface area contributed by atoms with E-state index in [4.69, 9.17) is 16.3 Å². The van der Waals surface area contributed by atoms with Crippen LogP contribution in [-0.2, 0) is 11.2 Å². The fourth-order valence-corrected chi connectivity index (χ4v) is 2.76. The first-order chi connectivity index (χ1) is 8.63. The van der Waals surface area contributed by atoms with Crippen LogP contribution in [0, 0.1) is 0 Å². The van der Waals surface area contributed by atoms with Crippen LogP contribution in [0.4, 0.5) is 5.82 Å². The Balaban J connectivity index is 2.32. The van der Waals surface area contributed by atoms with E-state index in [0.29, 0.717) is 6.54 Å². The van der Waals surface area contributed by atoms with Gasteiger partial charge in [0.15, 0.2) is 0 Å². The third-order valence-corrected chi connectivity index (χ3v) is 4.07. The van der Waals surface area contributed by atoms with Gasteiger partial charge >= 0.3 is 0 Å². The lowest BCUT2D eigenvalue weighted by molar-refractivity contribution is 0.128. The van der Waals surface area contributed by atoms with Gasteiger partial charge in [-0.05, 0) is 31.0 Å². The van der Waals surface area contributed by atoms with Gasteiger partial charge in [0.05, 0.1) is 11.5 Å². The number of nitrogens with one attached hydrogen (secondary N) is 1. The zero-order chi connectivity index (χ0) is 13.1. The van der Waals surface area contributed by atoms with E-state index in [-0.39, 0.29) is 11.4 Å². The van der Waals surface area contributed by atoms with Crippen molar-refractivity contribution in [1.82, 2.24) is 9.97 Å². The summed E-state index contributed by atoms with van der Waals surface area (Å²) in [6, 6.07) is 2.12. The fraction of sp³-hybridized carbons (Fsp3) is 0.500. The maximum absolute atomic E-state index is 5.94. The molecule has 0 bridgehead atoms. The van der Waals surface area contributed by atoms with Gasteiger partial charge in [0, 0.05) is 18.5 Å². The van der Waals surface area contributed by atoms with E-state index in [1.54, 1.807) is 18.4 Å². The van der Waals surface area contributed by atoms with Crippen LogP contribution < -0.4 is 5.32 Å². The number of thiophene rings is 1. The summed E-state index contributed by atoms with van der Waals surface area (Å²) < 4.78 is 5.20. The molecule has 2 aromatic rings. The minimum atomic E-state index is 0.123. The van der Waals surface area contributed by atoms with Crippen molar-refractivity contribution >= 4 is 39.0 Å². The maximum atomic E-state index is 5.94. The molecule has 0 radical (unpaired) electrons. The maximum Gasteiger partial charge on any atom is 0.225 e. The molecular formula is C12H16ClN3OS. The van der Waals surface area contributed by atoms with E-state index < -0.39 is 0 Å². The van der Waals surface area contributed by atoms with E-state index >= 15 is 0 Å². The highest BCUT2D eigenvalue weighted by Crippen LogP contribution is 2.30. The Labute approximate surface area is 115 Å². The molecule has 1 unspecified atom stereocenters. The molecule has 2 aromatic heterocycles. The number of anilines is 1. The van der Waals surface area contributed by atoms with E-state index in [1.165, 1.54) is 4.88 Å². The SMILES string of the molecule is CCc1cc2c(NCC(C)OC)nc(Cl)nc2s1. The molecular weight excluding hydrogens is 270 g/mol. The standard InChI is InChI=1S/C12H16ClN3OS/c1-4-8-5-9-10(14-6-7(2)17-3)15-12(13)16-11(9)18-8/h5,7H,4,6H2,1-3H3,(H,14,15,16).